The first-order valence-electron chi connectivity index (χ1n) is 14.5. The molecule has 3 aliphatic rings. The van der Waals surface area contributed by atoms with E-state index in [4.69, 9.17) is 9.97 Å². The van der Waals surface area contributed by atoms with Gasteiger partial charge < -0.3 is 20.6 Å². The smallest absolute Gasteiger partial charge is 0.225 e. The fourth-order valence-electron chi connectivity index (χ4n) is 6.47. The van der Waals surface area contributed by atoms with Gasteiger partial charge in [-0.1, -0.05) is 49.6 Å². The molecule has 2 aliphatic carbocycles. The molecule has 0 amide bonds. The standard InChI is InChI=1S/C30H45N5O/c1-22(24-10-6-3-7-11-24)32-30-31-20-28(29(34-30)33-26-12-14-27(36)15-13-26)25-16-18-35(19-17-25)21-23-8-4-2-5-9-23/h3,6-7,10-11,20,22-23,25-27,36H,2,4-5,8-9,12-19,21H2,1H3,(H2,31,32,33,34)/t22-,26?,27?/m0/s1. The highest BCUT2D eigenvalue weighted by atomic mass is 16.3. The lowest BCUT2D eigenvalue weighted by Gasteiger charge is -2.36. The lowest BCUT2D eigenvalue weighted by atomic mass is 9.86. The Balaban J connectivity index is 1.27. The first-order chi connectivity index (χ1) is 17.6. The summed E-state index contributed by atoms with van der Waals surface area (Å²) in [6, 6.07) is 11.0. The number of aromatic nitrogens is 2. The first-order valence-corrected chi connectivity index (χ1v) is 14.5. The van der Waals surface area contributed by atoms with Gasteiger partial charge in [-0.05, 0) is 88.8 Å². The number of nitrogens with zero attached hydrogens (tertiary/aromatic N) is 3. The molecule has 3 N–H and O–H groups in total. The minimum absolute atomic E-state index is 0.137. The van der Waals surface area contributed by atoms with Gasteiger partial charge in [-0.25, -0.2) is 4.98 Å². The van der Waals surface area contributed by atoms with Crippen LogP contribution in [0.4, 0.5) is 11.8 Å². The summed E-state index contributed by atoms with van der Waals surface area (Å²) in [7, 11) is 0. The predicted octanol–water partition coefficient (Wildman–Crippen LogP) is 6.12. The molecule has 5 rings (SSSR count). The average Bonchev–Trinajstić information content (AvgIpc) is 2.92. The molecule has 3 fully saturated rings. The van der Waals surface area contributed by atoms with Crippen molar-refractivity contribution in [3.8, 4) is 0 Å². The first kappa shape index (κ1) is 25.5. The van der Waals surface area contributed by atoms with Crippen LogP contribution in [0.15, 0.2) is 36.5 Å². The van der Waals surface area contributed by atoms with Crippen molar-refractivity contribution in [1.29, 1.82) is 0 Å². The summed E-state index contributed by atoms with van der Waals surface area (Å²) in [6.07, 6.45) is 15.2. The number of hydrogen-bond acceptors (Lipinski definition) is 6. The summed E-state index contributed by atoms with van der Waals surface area (Å²) in [6.45, 7) is 5.81. The van der Waals surface area contributed by atoms with E-state index in [0.29, 0.717) is 17.9 Å². The fourth-order valence-corrected chi connectivity index (χ4v) is 6.47. The van der Waals surface area contributed by atoms with E-state index in [0.717, 1.165) is 37.4 Å². The summed E-state index contributed by atoms with van der Waals surface area (Å²) in [5.74, 6) is 3.10. The number of benzene rings is 1. The van der Waals surface area contributed by atoms with Crippen LogP contribution in [0.5, 0.6) is 0 Å². The van der Waals surface area contributed by atoms with E-state index in [-0.39, 0.29) is 12.1 Å². The molecule has 1 saturated heterocycles. The predicted molar refractivity (Wildman–Crippen MR) is 147 cm³/mol. The Morgan fingerprint density at radius 3 is 2.39 bits per heavy atom. The van der Waals surface area contributed by atoms with E-state index >= 15 is 0 Å². The number of aliphatic hydroxyl groups excluding tert-OH is 1. The average molecular weight is 492 g/mol. The molecule has 196 valence electrons. The quantitative estimate of drug-likeness (QED) is 0.413. The van der Waals surface area contributed by atoms with E-state index in [9.17, 15) is 5.11 Å². The van der Waals surface area contributed by atoms with Gasteiger partial charge in [0.25, 0.3) is 0 Å². The van der Waals surface area contributed by atoms with Gasteiger partial charge >= 0.3 is 0 Å². The highest BCUT2D eigenvalue weighted by Gasteiger charge is 2.28. The Hall–Kier alpha value is -2.18. The molecule has 0 unspecified atom stereocenters. The van der Waals surface area contributed by atoms with Crippen molar-refractivity contribution < 1.29 is 5.11 Å². The molecule has 1 aliphatic heterocycles. The van der Waals surface area contributed by atoms with Crippen LogP contribution in [0, 0.1) is 5.92 Å². The Kier molecular flexibility index (Phi) is 8.75. The Morgan fingerprint density at radius 1 is 0.944 bits per heavy atom. The minimum atomic E-state index is -0.148. The monoisotopic (exact) mass is 491 g/mol. The molecule has 1 aromatic heterocycles. The topological polar surface area (TPSA) is 73.3 Å². The maximum atomic E-state index is 9.98. The zero-order valence-electron chi connectivity index (χ0n) is 22.0. The molecule has 2 aromatic rings. The normalized spacial score (nSPS) is 25.4. The van der Waals surface area contributed by atoms with Gasteiger partial charge in [-0.2, -0.15) is 4.98 Å². The van der Waals surface area contributed by atoms with E-state index in [2.05, 4.69) is 52.9 Å². The molecule has 0 radical (unpaired) electrons. The fraction of sp³-hybridized carbons (Fsp3) is 0.667. The number of nitrogens with one attached hydrogen (secondary N) is 2. The molecular weight excluding hydrogens is 446 g/mol. The van der Waals surface area contributed by atoms with Crippen molar-refractivity contribution in [1.82, 2.24) is 14.9 Å². The summed E-state index contributed by atoms with van der Waals surface area (Å²) in [5, 5.41) is 17.3. The zero-order valence-corrected chi connectivity index (χ0v) is 22.0. The van der Waals surface area contributed by atoms with E-state index < -0.39 is 0 Å². The highest BCUT2D eigenvalue weighted by molar-refractivity contribution is 5.50. The molecule has 6 nitrogen and oxygen atoms in total. The van der Waals surface area contributed by atoms with E-state index in [1.165, 1.54) is 75.7 Å². The summed E-state index contributed by atoms with van der Waals surface area (Å²) < 4.78 is 0. The van der Waals surface area contributed by atoms with E-state index in [1.54, 1.807) is 0 Å². The largest absolute Gasteiger partial charge is 0.393 e. The number of likely N-dealkylation sites (tertiary alicyclic amines) is 1. The van der Waals surface area contributed by atoms with Crippen LogP contribution in [0.1, 0.15) is 101 Å². The van der Waals surface area contributed by atoms with Crippen molar-refractivity contribution in [3.63, 3.8) is 0 Å². The van der Waals surface area contributed by atoms with Crippen LogP contribution in [-0.2, 0) is 0 Å². The van der Waals surface area contributed by atoms with Gasteiger partial charge in [0.2, 0.25) is 5.95 Å². The van der Waals surface area contributed by atoms with Crippen LogP contribution >= 0.6 is 0 Å². The van der Waals surface area contributed by atoms with E-state index in [1.807, 2.05) is 6.07 Å². The lowest BCUT2D eigenvalue weighted by Crippen LogP contribution is -2.37. The van der Waals surface area contributed by atoms with Crippen molar-refractivity contribution in [3.05, 3.63) is 47.7 Å². The molecule has 0 spiro atoms. The van der Waals surface area contributed by atoms with Crippen LogP contribution in [0.2, 0.25) is 0 Å². The SMILES string of the molecule is C[C@H](Nc1ncc(C2CCN(CC3CCCCC3)CC2)c(NC2CCC(O)CC2)n1)c1ccccc1. The molecule has 1 aromatic carbocycles. The van der Waals surface area contributed by atoms with Crippen molar-refractivity contribution in [2.24, 2.45) is 5.92 Å². The lowest BCUT2D eigenvalue weighted by molar-refractivity contribution is 0.126. The maximum Gasteiger partial charge on any atom is 0.225 e. The Labute approximate surface area is 217 Å². The van der Waals surface area contributed by atoms with Crippen molar-refractivity contribution in [2.75, 3.05) is 30.3 Å². The van der Waals surface area contributed by atoms with Gasteiger partial charge in [-0.15, -0.1) is 0 Å². The summed E-state index contributed by atoms with van der Waals surface area (Å²) in [5.41, 5.74) is 2.50. The number of hydrogen-bond donors (Lipinski definition) is 3. The maximum absolute atomic E-state index is 9.98. The van der Waals surface area contributed by atoms with Crippen molar-refractivity contribution >= 4 is 11.8 Å². The van der Waals surface area contributed by atoms with Crippen LogP contribution < -0.4 is 10.6 Å². The summed E-state index contributed by atoms with van der Waals surface area (Å²) in [4.78, 5) is 12.5. The van der Waals surface area contributed by atoms with Crippen LogP contribution in [0.3, 0.4) is 0 Å². The third kappa shape index (κ3) is 6.77. The second kappa shape index (κ2) is 12.4. The second-order valence-corrected chi connectivity index (χ2v) is 11.5. The molecule has 2 saturated carbocycles. The molecule has 1 atom stereocenters. The Bertz CT molecular complexity index is 932. The third-order valence-electron chi connectivity index (χ3n) is 8.77. The van der Waals surface area contributed by atoms with Gasteiger partial charge in [-0.3, -0.25) is 0 Å². The molecular formula is C30H45N5O. The minimum Gasteiger partial charge on any atom is -0.393 e. The van der Waals surface area contributed by atoms with Gasteiger partial charge in [0, 0.05) is 24.3 Å². The number of aliphatic hydroxyl groups is 1. The number of anilines is 2. The third-order valence-corrected chi connectivity index (χ3v) is 8.77. The van der Waals surface area contributed by atoms with Crippen molar-refractivity contribution in [2.45, 2.75) is 102 Å². The molecule has 2 heterocycles. The molecule has 36 heavy (non-hydrogen) atoms. The van der Waals surface area contributed by atoms with Gasteiger partial charge in [0.1, 0.15) is 5.82 Å². The van der Waals surface area contributed by atoms with Crippen LogP contribution in [0.25, 0.3) is 0 Å². The van der Waals surface area contributed by atoms with Crippen LogP contribution in [-0.4, -0.2) is 51.8 Å². The summed E-state index contributed by atoms with van der Waals surface area (Å²) >= 11 is 0. The zero-order chi connectivity index (χ0) is 24.7. The number of rotatable bonds is 8. The molecule has 0 bridgehead atoms. The highest BCUT2D eigenvalue weighted by Crippen LogP contribution is 2.35. The molecule has 6 heteroatoms. The Morgan fingerprint density at radius 2 is 1.67 bits per heavy atom. The van der Waals surface area contributed by atoms with Gasteiger partial charge in [0.05, 0.1) is 12.1 Å². The number of piperidine rings is 1. The second-order valence-electron chi connectivity index (χ2n) is 11.5. The van der Waals surface area contributed by atoms with Gasteiger partial charge in [0.15, 0.2) is 0 Å².